The maximum absolute atomic E-state index is 12.2. The Balaban J connectivity index is 1.29. The topological polar surface area (TPSA) is 56.1 Å². The lowest BCUT2D eigenvalue weighted by Gasteiger charge is -2.14. The number of aromatic nitrogens is 2. The Morgan fingerprint density at radius 3 is 2.46 bits per heavy atom. The van der Waals surface area contributed by atoms with E-state index in [1.165, 1.54) is 0 Å². The van der Waals surface area contributed by atoms with E-state index >= 15 is 0 Å². The number of amides is 1. The van der Waals surface area contributed by atoms with Gasteiger partial charge in [-0.25, -0.2) is 4.98 Å². The van der Waals surface area contributed by atoms with Gasteiger partial charge in [-0.15, -0.1) is 0 Å². The molecule has 0 fully saturated rings. The first-order valence-electron chi connectivity index (χ1n) is 12.2. The van der Waals surface area contributed by atoms with Crippen LogP contribution in [0.4, 0.5) is 0 Å². The molecule has 1 aromatic heterocycles. The number of rotatable bonds is 11. The van der Waals surface area contributed by atoms with E-state index in [-0.39, 0.29) is 5.91 Å². The minimum atomic E-state index is -0.0626. The number of nitrogens with zero attached hydrogens (tertiary/aromatic N) is 2. The molecule has 1 heterocycles. The standard InChI is InChI=1S/C29H32ClN3O2/c1-21-9-8-10-22(2)28(21)35-20-19-33-26-12-6-5-11-25(26)32-27(33)13-4-3-7-18-31-29(34)23-14-16-24(30)17-15-23/h5-6,8-12,14-17H,3-4,7,13,18-20H2,1-2H3,(H,31,34). The number of benzene rings is 3. The van der Waals surface area contributed by atoms with E-state index in [1.807, 2.05) is 6.07 Å². The molecule has 5 nitrogen and oxygen atoms in total. The van der Waals surface area contributed by atoms with Crippen molar-refractivity contribution in [2.45, 2.75) is 46.1 Å². The molecule has 0 saturated heterocycles. The highest BCUT2D eigenvalue weighted by Crippen LogP contribution is 2.23. The smallest absolute Gasteiger partial charge is 0.251 e. The molecular weight excluding hydrogens is 458 g/mol. The predicted molar refractivity (Wildman–Crippen MR) is 142 cm³/mol. The Hall–Kier alpha value is -3.31. The summed E-state index contributed by atoms with van der Waals surface area (Å²) in [6.07, 6.45) is 3.85. The number of imidazole rings is 1. The number of ether oxygens (including phenoxy) is 1. The highest BCUT2D eigenvalue weighted by Gasteiger charge is 2.11. The van der Waals surface area contributed by atoms with Crippen LogP contribution in [-0.2, 0) is 13.0 Å². The zero-order chi connectivity index (χ0) is 24.6. The van der Waals surface area contributed by atoms with Gasteiger partial charge in [0.05, 0.1) is 17.6 Å². The van der Waals surface area contributed by atoms with Crippen LogP contribution >= 0.6 is 11.6 Å². The third-order valence-electron chi connectivity index (χ3n) is 6.17. The van der Waals surface area contributed by atoms with Crippen LogP contribution in [0.15, 0.2) is 66.7 Å². The molecule has 0 saturated carbocycles. The minimum absolute atomic E-state index is 0.0626. The Morgan fingerprint density at radius 1 is 0.943 bits per heavy atom. The molecule has 0 aliphatic rings. The van der Waals surface area contributed by atoms with E-state index in [9.17, 15) is 4.79 Å². The number of aryl methyl sites for hydroxylation is 3. The number of hydrogen-bond donors (Lipinski definition) is 1. The molecule has 0 atom stereocenters. The maximum Gasteiger partial charge on any atom is 0.251 e. The summed E-state index contributed by atoms with van der Waals surface area (Å²) in [7, 11) is 0. The predicted octanol–water partition coefficient (Wildman–Crippen LogP) is 6.53. The molecule has 182 valence electrons. The Kier molecular flexibility index (Phi) is 8.43. The molecule has 0 radical (unpaired) electrons. The van der Waals surface area contributed by atoms with Gasteiger partial charge in [0.2, 0.25) is 0 Å². The van der Waals surface area contributed by atoms with Crippen LogP contribution in [-0.4, -0.2) is 28.6 Å². The van der Waals surface area contributed by atoms with Crippen molar-refractivity contribution in [1.82, 2.24) is 14.9 Å². The van der Waals surface area contributed by atoms with Gasteiger partial charge in [-0.3, -0.25) is 4.79 Å². The van der Waals surface area contributed by atoms with Crippen LogP contribution in [0.5, 0.6) is 5.75 Å². The summed E-state index contributed by atoms with van der Waals surface area (Å²) in [4.78, 5) is 17.1. The molecular formula is C29H32ClN3O2. The average molecular weight is 490 g/mol. The SMILES string of the molecule is Cc1cccc(C)c1OCCn1c(CCCCCNC(=O)c2ccc(Cl)cc2)nc2ccccc21. The summed E-state index contributed by atoms with van der Waals surface area (Å²) in [6.45, 7) is 6.16. The van der Waals surface area contributed by atoms with Crippen LogP contribution in [0.3, 0.4) is 0 Å². The molecule has 6 heteroatoms. The largest absolute Gasteiger partial charge is 0.491 e. The van der Waals surface area contributed by atoms with Crippen LogP contribution in [0.25, 0.3) is 11.0 Å². The number of nitrogens with one attached hydrogen (secondary N) is 1. The lowest BCUT2D eigenvalue weighted by Crippen LogP contribution is -2.24. The van der Waals surface area contributed by atoms with Gasteiger partial charge in [0, 0.05) is 23.6 Å². The van der Waals surface area contributed by atoms with E-state index in [0.717, 1.165) is 66.0 Å². The normalized spacial score (nSPS) is 11.1. The highest BCUT2D eigenvalue weighted by atomic mass is 35.5. The van der Waals surface area contributed by atoms with Crippen molar-refractivity contribution in [2.24, 2.45) is 0 Å². The molecule has 1 amide bonds. The second-order valence-corrected chi connectivity index (χ2v) is 9.25. The third kappa shape index (κ3) is 6.43. The summed E-state index contributed by atoms with van der Waals surface area (Å²) >= 11 is 5.89. The lowest BCUT2D eigenvalue weighted by molar-refractivity contribution is 0.0953. The fourth-order valence-corrected chi connectivity index (χ4v) is 4.45. The van der Waals surface area contributed by atoms with Gasteiger partial charge >= 0.3 is 0 Å². The van der Waals surface area contributed by atoms with E-state index < -0.39 is 0 Å². The summed E-state index contributed by atoms with van der Waals surface area (Å²) in [5.74, 6) is 1.99. The van der Waals surface area contributed by atoms with Crippen molar-refractivity contribution in [3.63, 3.8) is 0 Å². The fourth-order valence-electron chi connectivity index (χ4n) is 4.32. The van der Waals surface area contributed by atoms with Crippen molar-refractivity contribution in [3.05, 3.63) is 94.3 Å². The molecule has 4 aromatic rings. The molecule has 0 unspecified atom stereocenters. The van der Waals surface area contributed by atoms with Crippen LogP contribution in [0.1, 0.15) is 46.6 Å². The van der Waals surface area contributed by atoms with E-state index in [4.69, 9.17) is 21.3 Å². The molecule has 0 spiro atoms. The fraction of sp³-hybridized carbons (Fsp3) is 0.310. The van der Waals surface area contributed by atoms with Crippen molar-refractivity contribution in [3.8, 4) is 5.75 Å². The second kappa shape index (κ2) is 11.9. The number of carbonyl (C=O) groups is 1. The number of fused-ring (bicyclic) bond motifs is 1. The maximum atomic E-state index is 12.2. The molecule has 0 aliphatic carbocycles. The van der Waals surface area contributed by atoms with Crippen molar-refractivity contribution in [2.75, 3.05) is 13.2 Å². The van der Waals surface area contributed by atoms with E-state index in [2.05, 4.69) is 60.1 Å². The third-order valence-corrected chi connectivity index (χ3v) is 6.42. The van der Waals surface area contributed by atoms with Gasteiger partial charge in [0.15, 0.2) is 0 Å². The number of carbonyl (C=O) groups excluding carboxylic acids is 1. The quantitative estimate of drug-likeness (QED) is 0.244. The number of halogens is 1. The minimum Gasteiger partial charge on any atom is -0.491 e. The molecule has 35 heavy (non-hydrogen) atoms. The zero-order valence-electron chi connectivity index (χ0n) is 20.4. The number of hydrogen-bond acceptors (Lipinski definition) is 3. The number of unbranched alkanes of at least 4 members (excludes halogenated alkanes) is 2. The van der Waals surface area contributed by atoms with Gasteiger partial charge in [0.25, 0.3) is 5.91 Å². The van der Waals surface area contributed by atoms with Crippen molar-refractivity contribution < 1.29 is 9.53 Å². The van der Waals surface area contributed by atoms with Gasteiger partial charge in [-0.1, -0.05) is 48.4 Å². The first kappa shape index (κ1) is 24.8. The first-order valence-corrected chi connectivity index (χ1v) is 12.6. The van der Waals surface area contributed by atoms with Crippen LogP contribution in [0, 0.1) is 13.8 Å². The summed E-state index contributed by atoms with van der Waals surface area (Å²) < 4.78 is 8.45. The molecule has 3 aromatic carbocycles. The van der Waals surface area contributed by atoms with Gasteiger partial charge < -0.3 is 14.6 Å². The number of para-hydroxylation sites is 3. The Bertz CT molecular complexity index is 1260. The summed E-state index contributed by atoms with van der Waals surface area (Å²) in [5.41, 5.74) is 5.10. The van der Waals surface area contributed by atoms with Crippen molar-refractivity contribution in [1.29, 1.82) is 0 Å². The molecule has 1 N–H and O–H groups in total. The van der Waals surface area contributed by atoms with Crippen molar-refractivity contribution >= 4 is 28.5 Å². The van der Waals surface area contributed by atoms with Gasteiger partial charge in [-0.05, 0) is 74.2 Å². The Morgan fingerprint density at radius 2 is 1.69 bits per heavy atom. The van der Waals surface area contributed by atoms with E-state index in [1.54, 1.807) is 24.3 Å². The second-order valence-electron chi connectivity index (χ2n) is 8.81. The average Bonchev–Trinajstić information content (AvgIpc) is 3.20. The summed E-state index contributed by atoms with van der Waals surface area (Å²) in [5, 5.41) is 3.61. The summed E-state index contributed by atoms with van der Waals surface area (Å²) in [6, 6.07) is 21.4. The zero-order valence-corrected chi connectivity index (χ0v) is 21.1. The molecule has 0 aliphatic heterocycles. The first-order chi connectivity index (χ1) is 17.0. The van der Waals surface area contributed by atoms with E-state index in [0.29, 0.717) is 23.7 Å². The Labute approximate surface area is 212 Å². The molecule has 4 rings (SSSR count). The van der Waals surface area contributed by atoms with Crippen LogP contribution < -0.4 is 10.1 Å². The van der Waals surface area contributed by atoms with Gasteiger partial charge in [-0.2, -0.15) is 0 Å². The lowest BCUT2D eigenvalue weighted by atomic mass is 10.1. The van der Waals surface area contributed by atoms with Crippen LogP contribution in [0.2, 0.25) is 5.02 Å². The van der Waals surface area contributed by atoms with Gasteiger partial charge in [0.1, 0.15) is 18.2 Å². The molecule has 0 bridgehead atoms. The highest BCUT2D eigenvalue weighted by molar-refractivity contribution is 6.30. The monoisotopic (exact) mass is 489 g/mol.